The van der Waals surface area contributed by atoms with E-state index < -0.39 is 0 Å². The van der Waals surface area contributed by atoms with E-state index in [1.807, 2.05) is 43.9 Å². The van der Waals surface area contributed by atoms with Gasteiger partial charge in [0.05, 0.1) is 28.0 Å². The number of nitrogens with zero attached hydrogens (tertiary/aromatic N) is 4. The predicted octanol–water partition coefficient (Wildman–Crippen LogP) is 3.55. The van der Waals surface area contributed by atoms with Gasteiger partial charge in [-0.3, -0.25) is 9.48 Å². The van der Waals surface area contributed by atoms with Gasteiger partial charge in [-0.2, -0.15) is 5.10 Å². The van der Waals surface area contributed by atoms with Gasteiger partial charge in [0, 0.05) is 37.9 Å². The van der Waals surface area contributed by atoms with Crippen molar-refractivity contribution in [3.05, 3.63) is 39.6 Å². The molecule has 3 rings (SSSR count). The Labute approximate surface area is 169 Å². The Morgan fingerprint density at radius 3 is 2.48 bits per heavy atom. The minimum Gasteiger partial charge on any atom is -0.492 e. The van der Waals surface area contributed by atoms with E-state index in [2.05, 4.69) is 10.00 Å². The van der Waals surface area contributed by atoms with Crippen LogP contribution in [0.15, 0.2) is 18.2 Å². The lowest BCUT2D eigenvalue weighted by Gasteiger charge is -2.36. The lowest BCUT2D eigenvalue weighted by Crippen LogP contribution is -2.49. The van der Waals surface area contributed by atoms with Crippen molar-refractivity contribution in [2.75, 3.05) is 37.7 Å². The summed E-state index contributed by atoms with van der Waals surface area (Å²) in [5.41, 5.74) is 2.63. The first-order chi connectivity index (χ1) is 12.9. The smallest absolute Gasteiger partial charge is 0.244 e. The number of benzene rings is 1. The fraction of sp³-hybridized carbons (Fsp3) is 0.474. The van der Waals surface area contributed by atoms with Gasteiger partial charge in [0.2, 0.25) is 5.91 Å². The number of halogens is 2. The van der Waals surface area contributed by atoms with E-state index in [9.17, 15) is 4.79 Å². The molecule has 0 unspecified atom stereocenters. The van der Waals surface area contributed by atoms with Crippen LogP contribution in [0.5, 0.6) is 5.75 Å². The van der Waals surface area contributed by atoms with Crippen molar-refractivity contribution < 1.29 is 9.53 Å². The van der Waals surface area contributed by atoms with Gasteiger partial charge < -0.3 is 14.5 Å². The van der Waals surface area contributed by atoms with Gasteiger partial charge in [-0.1, -0.05) is 23.2 Å². The molecule has 146 valence electrons. The van der Waals surface area contributed by atoms with Crippen LogP contribution in [0.2, 0.25) is 10.0 Å². The van der Waals surface area contributed by atoms with Gasteiger partial charge in [-0.15, -0.1) is 0 Å². The molecule has 27 heavy (non-hydrogen) atoms. The highest BCUT2D eigenvalue weighted by atomic mass is 35.5. The van der Waals surface area contributed by atoms with E-state index >= 15 is 0 Å². The fourth-order valence-corrected chi connectivity index (χ4v) is 3.53. The third-order valence-electron chi connectivity index (χ3n) is 4.79. The van der Waals surface area contributed by atoms with Crippen molar-refractivity contribution in [1.29, 1.82) is 0 Å². The summed E-state index contributed by atoms with van der Waals surface area (Å²) < 4.78 is 7.25. The maximum atomic E-state index is 12.6. The van der Waals surface area contributed by atoms with Gasteiger partial charge in [0.1, 0.15) is 12.3 Å². The SMILES string of the molecule is CCOc1cc(N2CCN(C(=O)Cn3nc(C)c(Cl)c3C)CC2)ccc1Cl. The zero-order valence-corrected chi connectivity index (χ0v) is 17.3. The zero-order valence-electron chi connectivity index (χ0n) is 15.8. The van der Waals surface area contributed by atoms with Crippen LogP contribution >= 0.6 is 23.2 Å². The number of carbonyl (C=O) groups excluding carboxylic acids is 1. The quantitative estimate of drug-likeness (QED) is 0.755. The van der Waals surface area contributed by atoms with Crippen LogP contribution in [0.4, 0.5) is 5.69 Å². The summed E-state index contributed by atoms with van der Waals surface area (Å²) in [6.07, 6.45) is 0. The first-order valence-corrected chi connectivity index (χ1v) is 9.81. The number of piperazine rings is 1. The number of ether oxygens (including phenoxy) is 1. The van der Waals surface area contributed by atoms with Crippen LogP contribution in [0.25, 0.3) is 0 Å². The molecule has 1 aromatic heterocycles. The predicted molar refractivity (Wildman–Crippen MR) is 108 cm³/mol. The molecule has 0 saturated carbocycles. The number of amides is 1. The van der Waals surface area contributed by atoms with Crippen LogP contribution in [-0.4, -0.2) is 53.4 Å². The Morgan fingerprint density at radius 1 is 1.19 bits per heavy atom. The molecule has 2 aromatic rings. The Bertz CT molecular complexity index is 829. The monoisotopic (exact) mass is 410 g/mol. The lowest BCUT2D eigenvalue weighted by atomic mass is 10.2. The van der Waals surface area contributed by atoms with Gasteiger partial charge in [-0.05, 0) is 32.9 Å². The Kier molecular flexibility index (Phi) is 6.17. The average Bonchev–Trinajstić information content (AvgIpc) is 2.90. The molecule has 1 saturated heterocycles. The Morgan fingerprint density at radius 2 is 1.89 bits per heavy atom. The van der Waals surface area contributed by atoms with Crippen LogP contribution in [0.3, 0.4) is 0 Å². The highest BCUT2D eigenvalue weighted by molar-refractivity contribution is 6.32. The number of rotatable bonds is 5. The third kappa shape index (κ3) is 4.33. The highest BCUT2D eigenvalue weighted by Gasteiger charge is 2.23. The molecule has 1 fully saturated rings. The first kappa shape index (κ1) is 19.8. The number of hydrogen-bond acceptors (Lipinski definition) is 4. The normalized spacial score (nSPS) is 14.6. The molecule has 1 aliphatic rings. The van der Waals surface area contributed by atoms with Gasteiger partial charge in [-0.25, -0.2) is 0 Å². The molecule has 0 N–H and O–H groups in total. The van der Waals surface area contributed by atoms with Crippen molar-refractivity contribution in [3.8, 4) is 5.75 Å². The molecule has 1 aliphatic heterocycles. The summed E-state index contributed by atoms with van der Waals surface area (Å²) in [5.74, 6) is 0.750. The molecule has 1 amide bonds. The van der Waals surface area contributed by atoms with E-state index in [0.717, 1.165) is 30.2 Å². The summed E-state index contributed by atoms with van der Waals surface area (Å²) in [5, 5.41) is 5.58. The molecule has 8 heteroatoms. The minimum absolute atomic E-state index is 0.0584. The average molecular weight is 411 g/mol. The number of carbonyl (C=O) groups is 1. The second-order valence-electron chi connectivity index (χ2n) is 6.56. The van der Waals surface area contributed by atoms with Gasteiger partial charge in [0.25, 0.3) is 0 Å². The van der Waals surface area contributed by atoms with Crippen LogP contribution in [0.1, 0.15) is 18.3 Å². The molecule has 0 spiro atoms. The van der Waals surface area contributed by atoms with Crippen LogP contribution in [-0.2, 0) is 11.3 Å². The van der Waals surface area contributed by atoms with Crippen molar-refractivity contribution in [1.82, 2.24) is 14.7 Å². The molecule has 0 atom stereocenters. The summed E-state index contributed by atoms with van der Waals surface area (Å²) in [6, 6.07) is 5.80. The van der Waals surface area contributed by atoms with Crippen molar-refractivity contribution in [2.45, 2.75) is 27.3 Å². The van der Waals surface area contributed by atoms with Crippen molar-refractivity contribution in [3.63, 3.8) is 0 Å². The summed E-state index contributed by atoms with van der Waals surface area (Å²) in [6.45, 7) is 9.30. The molecule has 2 heterocycles. The van der Waals surface area contributed by atoms with Crippen molar-refractivity contribution >= 4 is 34.8 Å². The van der Waals surface area contributed by atoms with Crippen molar-refractivity contribution in [2.24, 2.45) is 0 Å². The fourth-order valence-electron chi connectivity index (χ4n) is 3.23. The Hall–Kier alpha value is -1.92. The van der Waals surface area contributed by atoms with E-state index in [1.165, 1.54) is 0 Å². The highest BCUT2D eigenvalue weighted by Crippen LogP contribution is 2.30. The van der Waals surface area contributed by atoms with E-state index in [0.29, 0.717) is 35.5 Å². The number of anilines is 1. The largest absolute Gasteiger partial charge is 0.492 e. The van der Waals surface area contributed by atoms with E-state index in [4.69, 9.17) is 27.9 Å². The standard InChI is InChI=1S/C19H24Cl2N4O2/c1-4-27-17-11-15(5-6-16(17)20)23-7-9-24(10-8-23)18(26)12-25-14(3)19(21)13(2)22-25/h5-6,11H,4,7-10,12H2,1-3H3. The second kappa shape index (κ2) is 8.40. The summed E-state index contributed by atoms with van der Waals surface area (Å²) in [4.78, 5) is 16.7. The molecular formula is C19H24Cl2N4O2. The molecule has 1 aromatic carbocycles. The summed E-state index contributed by atoms with van der Waals surface area (Å²) >= 11 is 12.3. The molecular weight excluding hydrogens is 387 g/mol. The zero-order chi connectivity index (χ0) is 19.6. The topological polar surface area (TPSA) is 50.6 Å². The molecule has 0 radical (unpaired) electrons. The number of aryl methyl sites for hydroxylation is 1. The number of aromatic nitrogens is 2. The second-order valence-corrected chi connectivity index (χ2v) is 7.34. The van der Waals surface area contributed by atoms with Crippen LogP contribution < -0.4 is 9.64 Å². The molecule has 0 bridgehead atoms. The van der Waals surface area contributed by atoms with E-state index in [1.54, 1.807) is 4.68 Å². The maximum Gasteiger partial charge on any atom is 0.244 e. The van der Waals surface area contributed by atoms with Gasteiger partial charge >= 0.3 is 0 Å². The lowest BCUT2D eigenvalue weighted by molar-refractivity contribution is -0.132. The first-order valence-electron chi connectivity index (χ1n) is 9.05. The molecule has 0 aliphatic carbocycles. The van der Waals surface area contributed by atoms with Gasteiger partial charge in [0.15, 0.2) is 0 Å². The van der Waals surface area contributed by atoms with Crippen LogP contribution in [0, 0.1) is 13.8 Å². The molecule has 6 nitrogen and oxygen atoms in total. The maximum absolute atomic E-state index is 12.6. The minimum atomic E-state index is 0.0584. The van der Waals surface area contributed by atoms with E-state index in [-0.39, 0.29) is 12.5 Å². The summed E-state index contributed by atoms with van der Waals surface area (Å²) in [7, 11) is 0. The number of hydrogen-bond donors (Lipinski definition) is 0. The third-order valence-corrected chi connectivity index (χ3v) is 5.65. The Balaban J connectivity index is 1.60.